The average molecular weight is 310 g/mol. The molecule has 1 aromatic rings. The van der Waals surface area contributed by atoms with Crippen LogP contribution >= 0.6 is 0 Å². The van der Waals surface area contributed by atoms with E-state index in [-0.39, 0.29) is 30.0 Å². The third kappa shape index (κ3) is 4.10. The summed E-state index contributed by atoms with van der Waals surface area (Å²) in [5.74, 6) is -0.255. The maximum atomic E-state index is 13.4. The summed E-state index contributed by atoms with van der Waals surface area (Å²) in [5, 5.41) is 5.72. The van der Waals surface area contributed by atoms with Crippen LogP contribution in [0.1, 0.15) is 38.3 Å². The number of benzene rings is 1. The molecule has 6 heteroatoms. The molecule has 0 aliphatic carbocycles. The van der Waals surface area contributed by atoms with Gasteiger partial charge in [-0.3, -0.25) is 0 Å². The number of rotatable bonds is 5. The molecule has 0 spiro atoms. The average Bonchev–Trinajstić information content (AvgIpc) is 3.01. The van der Waals surface area contributed by atoms with Crippen molar-refractivity contribution >= 4 is 6.03 Å². The minimum Gasteiger partial charge on any atom is -0.494 e. The summed E-state index contributed by atoms with van der Waals surface area (Å²) in [5.41, 5.74) is 0.776. The van der Waals surface area contributed by atoms with Gasteiger partial charge in [0.25, 0.3) is 0 Å². The SMILES string of the molecule is COc1cc([C@H](C)NC(=O)N[C@H](C)[C@@H]2CCCO2)ccc1F. The maximum absolute atomic E-state index is 13.4. The van der Waals surface area contributed by atoms with E-state index in [1.165, 1.54) is 13.2 Å². The first-order valence-corrected chi connectivity index (χ1v) is 7.53. The van der Waals surface area contributed by atoms with Gasteiger partial charge in [0.15, 0.2) is 11.6 Å². The van der Waals surface area contributed by atoms with Crippen molar-refractivity contribution in [3.63, 3.8) is 0 Å². The van der Waals surface area contributed by atoms with Crippen molar-refractivity contribution < 1.29 is 18.7 Å². The van der Waals surface area contributed by atoms with Crippen molar-refractivity contribution in [3.8, 4) is 5.75 Å². The normalized spacial score (nSPS) is 20.3. The van der Waals surface area contributed by atoms with Gasteiger partial charge in [-0.1, -0.05) is 6.07 Å². The number of hydrogen-bond acceptors (Lipinski definition) is 3. The lowest BCUT2D eigenvalue weighted by molar-refractivity contribution is 0.0859. The minimum atomic E-state index is -0.421. The van der Waals surface area contributed by atoms with Crippen LogP contribution in [0.5, 0.6) is 5.75 Å². The molecule has 3 atom stereocenters. The number of hydrogen-bond donors (Lipinski definition) is 2. The maximum Gasteiger partial charge on any atom is 0.315 e. The van der Waals surface area contributed by atoms with Crippen LogP contribution in [0.2, 0.25) is 0 Å². The fourth-order valence-corrected chi connectivity index (χ4v) is 2.56. The lowest BCUT2D eigenvalue weighted by Gasteiger charge is -2.22. The van der Waals surface area contributed by atoms with Gasteiger partial charge in [0, 0.05) is 6.61 Å². The van der Waals surface area contributed by atoms with E-state index in [4.69, 9.17) is 9.47 Å². The number of amides is 2. The van der Waals surface area contributed by atoms with Crippen LogP contribution in [0.3, 0.4) is 0 Å². The predicted octanol–water partition coefficient (Wildman–Crippen LogP) is 2.76. The lowest BCUT2D eigenvalue weighted by atomic mass is 10.1. The van der Waals surface area contributed by atoms with Crippen LogP contribution in [0.4, 0.5) is 9.18 Å². The van der Waals surface area contributed by atoms with Gasteiger partial charge in [0.05, 0.1) is 25.3 Å². The van der Waals surface area contributed by atoms with Crippen molar-refractivity contribution in [2.75, 3.05) is 13.7 Å². The van der Waals surface area contributed by atoms with E-state index >= 15 is 0 Å². The molecule has 1 aliphatic heterocycles. The second-order valence-electron chi connectivity index (χ2n) is 5.57. The summed E-state index contributed by atoms with van der Waals surface area (Å²) < 4.78 is 23.9. The van der Waals surface area contributed by atoms with E-state index in [2.05, 4.69) is 10.6 Å². The molecule has 0 aromatic heterocycles. The van der Waals surface area contributed by atoms with Gasteiger partial charge >= 0.3 is 6.03 Å². The number of nitrogens with one attached hydrogen (secondary N) is 2. The molecule has 2 rings (SSSR count). The third-order valence-corrected chi connectivity index (χ3v) is 3.90. The second-order valence-corrected chi connectivity index (χ2v) is 5.57. The zero-order chi connectivity index (χ0) is 16.1. The molecule has 0 unspecified atom stereocenters. The Bertz CT molecular complexity index is 518. The molecular weight excluding hydrogens is 287 g/mol. The molecule has 1 saturated heterocycles. The van der Waals surface area contributed by atoms with E-state index in [1.807, 2.05) is 13.8 Å². The van der Waals surface area contributed by atoms with Gasteiger partial charge in [-0.15, -0.1) is 0 Å². The van der Waals surface area contributed by atoms with Gasteiger partial charge in [-0.05, 0) is 44.4 Å². The number of halogens is 1. The van der Waals surface area contributed by atoms with Gasteiger partial charge < -0.3 is 20.1 Å². The molecule has 5 nitrogen and oxygen atoms in total. The zero-order valence-corrected chi connectivity index (χ0v) is 13.2. The summed E-state index contributed by atoms with van der Waals surface area (Å²) in [7, 11) is 1.41. The third-order valence-electron chi connectivity index (χ3n) is 3.90. The lowest BCUT2D eigenvalue weighted by Crippen LogP contribution is -2.46. The fourth-order valence-electron chi connectivity index (χ4n) is 2.56. The monoisotopic (exact) mass is 310 g/mol. The first-order chi connectivity index (χ1) is 10.5. The molecule has 2 amide bonds. The summed E-state index contributed by atoms with van der Waals surface area (Å²) >= 11 is 0. The molecule has 0 saturated carbocycles. The predicted molar refractivity (Wildman–Crippen MR) is 81.5 cm³/mol. The van der Waals surface area contributed by atoms with Crippen LogP contribution in [-0.4, -0.2) is 31.9 Å². The van der Waals surface area contributed by atoms with Crippen molar-refractivity contribution in [3.05, 3.63) is 29.6 Å². The zero-order valence-electron chi connectivity index (χ0n) is 13.2. The largest absolute Gasteiger partial charge is 0.494 e. The van der Waals surface area contributed by atoms with E-state index in [0.717, 1.165) is 25.0 Å². The smallest absolute Gasteiger partial charge is 0.315 e. The van der Waals surface area contributed by atoms with Gasteiger partial charge in [-0.25, -0.2) is 9.18 Å². The van der Waals surface area contributed by atoms with Crippen LogP contribution in [-0.2, 0) is 4.74 Å². The number of methoxy groups -OCH3 is 1. The molecule has 0 radical (unpaired) electrons. The summed E-state index contributed by atoms with van der Waals surface area (Å²) in [6.07, 6.45) is 2.07. The Morgan fingerprint density at radius 3 is 2.82 bits per heavy atom. The minimum absolute atomic E-state index is 0.0440. The Morgan fingerprint density at radius 1 is 1.41 bits per heavy atom. The van der Waals surface area contributed by atoms with E-state index in [9.17, 15) is 9.18 Å². The highest BCUT2D eigenvalue weighted by atomic mass is 19.1. The molecule has 2 N–H and O–H groups in total. The van der Waals surface area contributed by atoms with Gasteiger partial charge in [0.2, 0.25) is 0 Å². The Balaban J connectivity index is 1.90. The first-order valence-electron chi connectivity index (χ1n) is 7.53. The Hall–Kier alpha value is -1.82. The van der Waals surface area contributed by atoms with Crippen molar-refractivity contribution in [1.82, 2.24) is 10.6 Å². The standard InChI is InChI=1S/C16H23FN2O3/c1-10(12-6-7-13(17)15(9-12)21-3)18-16(20)19-11(2)14-5-4-8-22-14/h6-7,9-11,14H,4-5,8H2,1-3H3,(H2,18,19,20)/t10-,11+,14-/m0/s1. The number of urea groups is 1. The van der Waals surface area contributed by atoms with E-state index in [0.29, 0.717) is 0 Å². The van der Waals surface area contributed by atoms with Crippen LogP contribution < -0.4 is 15.4 Å². The van der Waals surface area contributed by atoms with Crippen LogP contribution in [0.15, 0.2) is 18.2 Å². The Labute approximate surface area is 130 Å². The van der Waals surface area contributed by atoms with E-state index < -0.39 is 5.82 Å². The highest BCUT2D eigenvalue weighted by molar-refractivity contribution is 5.74. The van der Waals surface area contributed by atoms with Crippen LogP contribution in [0, 0.1) is 5.82 Å². The Kier molecular flexibility index (Phi) is 5.60. The second kappa shape index (κ2) is 7.45. The quantitative estimate of drug-likeness (QED) is 0.879. The summed E-state index contributed by atoms with van der Waals surface area (Å²) in [6.45, 7) is 4.52. The van der Waals surface area contributed by atoms with Crippen molar-refractivity contribution in [1.29, 1.82) is 0 Å². The number of carbonyl (C=O) groups is 1. The molecule has 1 aliphatic rings. The molecule has 1 aromatic carbocycles. The van der Waals surface area contributed by atoms with E-state index in [1.54, 1.807) is 12.1 Å². The Morgan fingerprint density at radius 2 is 2.18 bits per heavy atom. The van der Waals surface area contributed by atoms with Crippen molar-refractivity contribution in [2.24, 2.45) is 0 Å². The topological polar surface area (TPSA) is 59.6 Å². The molecule has 122 valence electrons. The summed E-state index contributed by atoms with van der Waals surface area (Å²) in [4.78, 5) is 12.0. The molecule has 22 heavy (non-hydrogen) atoms. The highest BCUT2D eigenvalue weighted by Crippen LogP contribution is 2.22. The molecule has 1 fully saturated rings. The molecule has 0 bridgehead atoms. The van der Waals surface area contributed by atoms with Gasteiger partial charge in [0.1, 0.15) is 0 Å². The van der Waals surface area contributed by atoms with Crippen LogP contribution in [0.25, 0.3) is 0 Å². The number of ether oxygens (including phenoxy) is 2. The first kappa shape index (κ1) is 16.5. The molecule has 1 heterocycles. The van der Waals surface area contributed by atoms with Crippen molar-refractivity contribution in [2.45, 2.75) is 44.9 Å². The highest BCUT2D eigenvalue weighted by Gasteiger charge is 2.24. The summed E-state index contributed by atoms with van der Waals surface area (Å²) in [6, 6.07) is 3.98. The van der Waals surface area contributed by atoms with Gasteiger partial charge in [-0.2, -0.15) is 0 Å². The number of carbonyl (C=O) groups excluding carboxylic acids is 1. The molecular formula is C16H23FN2O3. The fraction of sp³-hybridized carbons (Fsp3) is 0.562.